The van der Waals surface area contributed by atoms with E-state index < -0.39 is 6.43 Å². The van der Waals surface area contributed by atoms with Gasteiger partial charge in [-0.1, -0.05) is 15.9 Å². The molecule has 0 radical (unpaired) electrons. The quantitative estimate of drug-likeness (QED) is 0.739. The minimum absolute atomic E-state index is 0.0930. The maximum absolute atomic E-state index is 12.5. The molecule has 1 aromatic rings. The van der Waals surface area contributed by atoms with Crippen LogP contribution >= 0.6 is 15.9 Å². The third-order valence-electron chi connectivity index (χ3n) is 2.03. The highest BCUT2D eigenvalue weighted by molar-refractivity contribution is 9.10. The number of carbonyl (C=O) groups excluding carboxylic acids is 1. The van der Waals surface area contributed by atoms with Crippen molar-refractivity contribution in [2.75, 3.05) is 0 Å². The zero-order chi connectivity index (χ0) is 10.9. The van der Waals surface area contributed by atoms with E-state index in [9.17, 15) is 13.6 Å². The summed E-state index contributed by atoms with van der Waals surface area (Å²) >= 11 is 3.15. The fourth-order valence-corrected chi connectivity index (χ4v) is 1.61. The molecule has 4 heteroatoms. The summed E-state index contributed by atoms with van der Waals surface area (Å²) in [6.07, 6.45) is -2.55. The van der Waals surface area contributed by atoms with Crippen molar-refractivity contribution in [3.8, 4) is 0 Å². The molecule has 0 aromatic heterocycles. The first-order valence-corrected chi connectivity index (χ1v) is 4.82. The second-order valence-electron chi connectivity index (χ2n) is 3.03. The Morgan fingerprint density at radius 1 is 1.43 bits per heavy atom. The van der Waals surface area contributed by atoms with Gasteiger partial charge in [0.1, 0.15) is 0 Å². The summed E-state index contributed by atoms with van der Waals surface area (Å²) in [5, 5.41) is 0. The molecule has 1 nitrogen and oxygen atoms in total. The van der Waals surface area contributed by atoms with E-state index in [1.54, 1.807) is 13.0 Å². The summed E-state index contributed by atoms with van der Waals surface area (Å²) in [4.78, 5) is 11.0. The van der Waals surface area contributed by atoms with Gasteiger partial charge in [-0.3, -0.25) is 4.79 Å². The molecule has 0 aliphatic heterocycles. The molecular formula is C10H9BrF2O. The lowest BCUT2D eigenvalue weighted by molar-refractivity contribution is 0.101. The smallest absolute Gasteiger partial charge is 0.264 e. The second-order valence-corrected chi connectivity index (χ2v) is 3.88. The molecule has 0 atom stereocenters. The maximum Gasteiger partial charge on any atom is 0.264 e. The van der Waals surface area contributed by atoms with E-state index in [1.165, 1.54) is 13.0 Å². The van der Waals surface area contributed by atoms with Gasteiger partial charge in [0.25, 0.3) is 6.43 Å². The first-order valence-electron chi connectivity index (χ1n) is 4.02. The Kier molecular flexibility index (Phi) is 3.37. The normalized spacial score (nSPS) is 10.7. The van der Waals surface area contributed by atoms with Gasteiger partial charge in [0.2, 0.25) is 0 Å². The molecule has 0 amide bonds. The third kappa shape index (κ3) is 2.18. The Labute approximate surface area is 89.3 Å². The van der Waals surface area contributed by atoms with Crippen LogP contribution in [0.2, 0.25) is 0 Å². The Morgan fingerprint density at radius 3 is 2.43 bits per heavy atom. The van der Waals surface area contributed by atoms with Crippen LogP contribution in [0.5, 0.6) is 0 Å². The van der Waals surface area contributed by atoms with Crippen molar-refractivity contribution in [2.45, 2.75) is 20.3 Å². The Bertz CT molecular complexity index is 375. The highest BCUT2D eigenvalue weighted by Crippen LogP contribution is 2.29. The van der Waals surface area contributed by atoms with Crippen molar-refractivity contribution in [2.24, 2.45) is 0 Å². The number of benzene rings is 1. The molecule has 1 aromatic carbocycles. The van der Waals surface area contributed by atoms with Gasteiger partial charge in [-0.2, -0.15) is 0 Å². The number of hydrogen-bond donors (Lipinski definition) is 0. The predicted molar refractivity (Wildman–Crippen MR) is 53.8 cm³/mol. The van der Waals surface area contributed by atoms with Gasteiger partial charge in [-0.25, -0.2) is 8.78 Å². The van der Waals surface area contributed by atoms with E-state index >= 15 is 0 Å². The van der Waals surface area contributed by atoms with E-state index in [4.69, 9.17) is 0 Å². The van der Waals surface area contributed by atoms with Crippen LogP contribution in [0.1, 0.15) is 34.8 Å². The Hall–Kier alpha value is -0.770. The molecule has 0 heterocycles. The van der Waals surface area contributed by atoms with Crippen molar-refractivity contribution >= 4 is 21.7 Å². The molecule has 0 spiro atoms. The van der Waals surface area contributed by atoms with Crippen molar-refractivity contribution < 1.29 is 13.6 Å². The fourth-order valence-electron chi connectivity index (χ4n) is 1.13. The molecule has 0 fully saturated rings. The lowest BCUT2D eigenvalue weighted by Gasteiger charge is -2.08. The molecule has 0 bridgehead atoms. The van der Waals surface area contributed by atoms with Gasteiger partial charge < -0.3 is 0 Å². The Morgan fingerprint density at radius 2 is 2.00 bits per heavy atom. The molecular weight excluding hydrogens is 254 g/mol. The molecule has 0 saturated carbocycles. The number of hydrogen-bond acceptors (Lipinski definition) is 1. The van der Waals surface area contributed by atoms with Crippen molar-refractivity contribution in [1.29, 1.82) is 0 Å². The second kappa shape index (κ2) is 4.17. The summed E-state index contributed by atoms with van der Waals surface area (Å²) in [5.74, 6) is -0.215. The van der Waals surface area contributed by atoms with Gasteiger partial charge >= 0.3 is 0 Å². The van der Waals surface area contributed by atoms with Gasteiger partial charge in [0.15, 0.2) is 5.78 Å². The van der Waals surface area contributed by atoms with E-state index in [1.807, 2.05) is 0 Å². The number of halogens is 3. The summed E-state index contributed by atoms with van der Waals surface area (Å²) < 4.78 is 25.6. The first kappa shape index (κ1) is 11.3. The van der Waals surface area contributed by atoms with Crippen LogP contribution in [0.4, 0.5) is 8.78 Å². The molecule has 0 N–H and O–H groups in total. The minimum atomic E-state index is -2.55. The van der Waals surface area contributed by atoms with E-state index in [0.29, 0.717) is 15.6 Å². The standard InChI is InChI=1S/C10H9BrF2O/c1-5-8(10(12)13)3-7(6(2)14)4-9(5)11/h3-4,10H,1-2H3. The minimum Gasteiger partial charge on any atom is -0.295 e. The molecule has 0 saturated heterocycles. The number of ketones is 1. The zero-order valence-electron chi connectivity index (χ0n) is 7.77. The first-order chi connectivity index (χ1) is 6.43. The number of Topliss-reactive ketones (excluding diaryl/α,β-unsaturated/α-hetero) is 1. The largest absolute Gasteiger partial charge is 0.295 e. The van der Waals surface area contributed by atoms with Gasteiger partial charge in [0.05, 0.1) is 0 Å². The molecule has 14 heavy (non-hydrogen) atoms. The van der Waals surface area contributed by atoms with Gasteiger partial charge in [0, 0.05) is 15.6 Å². The summed E-state index contributed by atoms with van der Waals surface area (Å²) in [6.45, 7) is 2.95. The summed E-state index contributed by atoms with van der Waals surface area (Å²) in [6, 6.07) is 2.80. The average Bonchev–Trinajstić information content (AvgIpc) is 2.08. The lowest BCUT2D eigenvalue weighted by Crippen LogP contribution is -1.98. The number of carbonyl (C=O) groups is 1. The lowest BCUT2D eigenvalue weighted by atomic mass is 10.0. The van der Waals surface area contributed by atoms with E-state index in [2.05, 4.69) is 15.9 Å². The highest BCUT2D eigenvalue weighted by Gasteiger charge is 2.15. The van der Waals surface area contributed by atoms with Crippen LogP contribution < -0.4 is 0 Å². The van der Waals surface area contributed by atoms with E-state index in [0.717, 1.165) is 0 Å². The monoisotopic (exact) mass is 262 g/mol. The SMILES string of the molecule is CC(=O)c1cc(Br)c(C)c(C(F)F)c1. The van der Waals surface area contributed by atoms with Crippen LogP contribution in [0.3, 0.4) is 0 Å². The molecule has 76 valence electrons. The van der Waals surface area contributed by atoms with Crippen LogP contribution in [-0.2, 0) is 0 Å². The molecule has 1 rings (SSSR count). The van der Waals surface area contributed by atoms with Crippen LogP contribution in [0, 0.1) is 6.92 Å². The van der Waals surface area contributed by atoms with E-state index in [-0.39, 0.29) is 11.3 Å². The fraction of sp³-hybridized carbons (Fsp3) is 0.300. The summed E-state index contributed by atoms with van der Waals surface area (Å²) in [7, 11) is 0. The summed E-state index contributed by atoms with van der Waals surface area (Å²) in [5.41, 5.74) is 0.687. The Balaban J connectivity index is 3.35. The van der Waals surface area contributed by atoms with Gasteiger partial charge in [-0.15, -0.1) is 0 Å². The highest BCUT2D eigenvalue weighted by atomic mass is 79.9. The van der Waals surface area contributed by atoms with Gasteiger partial charge in [-0.05, 0) is 31.5 Å². The number of alkyl halides is 2. The maximum atomic E-state index is 12.5. The van der Waals surface area contributed by atoms with Crippen molar-refractivity contribution in [3.63, 3.8) is 0 Å². The van der Waals surface area contributed by atoms with Crippen LogP contribution in [-0.4, -0.2) is 5.78 Å². The third-order valence-corrected chi connectivity index (χ3v) is 2.85. The van der Waals surface area contributed by atoms with Crippen LogP contribution in [0.15, 0.2) is 16.6 Å². The topological polar surface area (TPSA) is 17.1 Å². The number of rotatable bonds is 2. The zero-order valence-corrected chi connectivity index (χ0v) is 9.36. The van der Waals surface area contributed by atoms with Crippen molar-refractivity contribution in [3.05, 3.63) is 33.3 Å². The molecule has 0 unspecified atom stereocenters. The average molecular weight is 263 g/mol. The van der Waals surface area contributed by atoms with Crippen LogP contribution in [0.25, 0.3) is 0 Å². The van der Waals surface area contributed by atoms with Crippen molar-refractivity contribution in [1.82, 2.24) is 0 Å². The molecule has 0 aliphatic carbocycles. The predicted octanol–water partition coefficient (Wildman–Crippen LogP) is 3.90. The molecule has 0 aliphatic rings.